The number of aliphatic hydroxyl groups is 7. The van der Waals surface area contributed by atoms with Crippen LogP contribution in [-0.2, 0) is 33.5 Å². The maximum Gasteiger partial charge on any atom is 0.187 e. The van der Waals surface area contributed by atoms with E-state index < -0.39 is 84.5 Å². The van der Waals surface area contributed by atoms with Gasteiger partial charge in [-0.15, -0.1) is 0 Å². The molecule has 43 heavy (non-hydrogen) atoms. The standard InChI is InChI=1S/C26H44NO14S2/c28-13-17-19(30)20(31)22(33)26(39-17)41-24-18(14-29)40-25(23(34)21(24)32)38-7-5-27-6-11-43(35,36)12-10-42-9-8-37-15-16-3-1-2-4-16/h1-4,17-34H,5-15H2/t17-,18-,19+,20+,21-,22-,23-,24-,25-,26+/m1/s1. The molecule has 0 aromatic rings. The molecule has 249 valence electrons. The van der Waals surface area contributed by atoms with Crippen molar-refractivity contribution < 1.29 is 67.8 Å². The maximum atomic E-state index is 12.3. The lowest BCUT2D eigenvalue weighted by Gasteiger charge is -2.45. The van der Waals surface area contributed by atoms with Crippen LogP contribution in [0.15, 0.2) is 0 Å². The van der Waals surface area contributed by atoms with Crippen molar-refractivity contribution in [1.29, 1.82) is 0 Å². The second-order valence-electron chi connectivity index (χ2n) is 10.2. The number of hydrogen-bond donors (Lipinski definition) is 8. The fourth-order valence-electron chi connectivity index (χ4n) is 4.50. The van der Waals surface area contributed by atoms with E-state index in [2.05, 4.69) is 5.32 Å². The second-order valence-corrected chi connectivity index (χ2v) is 13.8. The minimum absolute atomic E-state index is 0.0224. The summed E-state index contributed by atoms with van der Waals surface area (Å²) in [6.45, 7) is 0.0800. The van der Waals surface area contributed by atoms with Gasteiger partial charge in [0.25, 0.3) is 0 Å². The SMILES string of the molecule is O=S(=O)(CCNCCO[C@@H]1O[C@H](CO)[C@@H](O[C@@H]2O[C@H](CO)[C@H](O)[C@H](O)[C@H]2O)[C@H](O)[C@H]1O)CCSCCOC[C]1[CH][CH][CH][CH]1. The molecule has 3 aliphatic rings. The first kappa shape index (κ1) is 37.2. The molecule has 2 heterocycles. The van der Waals surface area contributed by atoms with Crippen molar-refractivity contribution >= 4 is 21.6 Å². The van der Waals surface area contributed by atoms with Gasteiger partial charge in [0.1, 0.15) is 48.8 Å². The first-order valence-electron chi connectivity index (χ1n) is 14.0. The second kappa shape index (κ2) is 18.8. The topological polar surface area (TPSA) is 234 Å². The Balaban J connectivity index is 1.29. The van der Waals surface area contributed by atoms with Gasteiger partial charge in [-0.25, -0.2) is 8.42 Å². The molecule has 10 atom stereocenters. The van der Waals surface area contributed by atoms with Gasteiger partial charge >= 0.3 is 0 Å². The highest BCUT2D eigenvalue weighted by molar-refractivity contribution is 8.00. The Bertz CT molecular complexity index is 878. The van der Waals surface area contributed by atoms with E-state index in [1.54, 1.807) is 0 Å². The van der Waals surface area contributed by atoms with Crippen LogP contribution in [0.2, 0.25) is 0 Å². The fraction of sp³-hybridized carbons (Fsp3) is 0.808. The van der Waals surface area contributed by atoms with Gasteiger partial charge in [0, 0.05) is 30.5 Å². The molecule has 17 heteroatoms. The predicted molar refractivity (Wildman–Crippen MR) is 152 cm³/mol. The number of nitrogens with one attached hydrogen (secondary N) is 1. The Hall–Kier alpha value is -0.220. The summed E-state index contributed by atoms with van der Waals surface area (Å²) in [5.74, 6) is 2.26. The van der Waals surface area contributed by atoms with Gasteiger partial charge in [0.2, 0.25) is 0 Å². The van der Waals surface area contributed by atoms with E-state index in [4.69, 9.17) is 23.7 Å². The van der Waals surface area contributed by atoms with E-state index in [0.717, 1.165) is 5.92 Å². The molecular weight excluding hydrogens is 614 g/mol. The van der Waals surface area contributed by atoms with Crippen molar-refractivity contribution in [2.75, 3.05) is 69.1 Å². The van der Waals surface area contributed by atoms with E-state index in [0.29, 0.717) is 24.7 Å². The molecule has 2 aliphatic heterocycles. The fourth-order valence-corrected chi connectivity index (χ4v) is 7.09. The summed E-state index contributed by atoms with van der Waals surface area (Å²) in [6, 6.07) is 0. The number of thioether (sulfide) groups is 1. The van der Waals surface area contributed by atoms with Gasteiger partial charge in [-0.1, -0.05) is 0 Å². The van der Waals surface area contributed by atoms with Gasteiger partial charge in [-0.3, -0.25) is 0 Å². The van der Waals surface area contributed by atoms with Gasteiger partial charge in [-0.2, -0.15) is 11.8 Å². The largest absolute Gasteiger partial charge is 0.394 e. The van der Waals surface area contributed by atoms with E-state index in [9.17, 15) is 44.2 Å². The third-order valence-electron chi connectivity index (χ3n) is 7.02. The summed E-state index contributed by atoms with van der Waals surface area (Å²) in [7, 11) is -3.25. The maximum absolute atomic E-state index is 12.3. The van der Waals surface area contributed by atoms with Crippen LogP contribution in [0.1, 0.15) is 0 Å². The molecule has 0 unspecified atom stereocenters. The molecule has 1 aliphatic carbocycles. The Morgan fingerprint density at radius 2 is 1.47 bits per heavy atom. The molecule has 5 radical (unpaired) electrons. The van der Waals surface area contributed by atoms with Crippen LogP contribution in [0, 0.1) is 31.6 Å². The van der Waals surface area contributed by atoms with E-state index in [-0.39, 0.29) is 31.2 Å². The monoisotopic (exact) mass is 658 g/mol. The Kier molecular flexibility index (Phi) is 16.3. The lowest BCUT2D eigenvalue weighted by atomic mass is 9.97. The van der Waals surface area contributed by atoms with Crippen molar-refractivity contribution in [3.8, 4) is 0 Å². The van der Waals surface area contributed by atoms with Gasteiger partial charge in [-0.05, 0) is 25.7 Å². The van der Waals surface area contributed by atoms with Gasteiger partial charge < -0.3 is 64.7 Å². The molecule has 0 aromatic heterocycles. The molecule has 15 nitrogen and oxygen atoms in total. The summed E-state index contributed by atoms with van der Waals surface area (Å²) in [6.07, 6.45) is -7.47. The third kappa shape index (κ3) is 11.5. The summed E-state index contributed by atoms with van der Waals surface area (Å²) in [5, 5.41) is 73.3. The lowest BCUT2D eigenvalue weighted by Crippen LogP contribution is -2.64. The Morgan fingerprint density at radius 1 is 0.791 bits per heavy atom. The Morgan fingerprint density at radius 3 is 2.16 bits per heavy atom. The zero-order chi connectivity index (χ0) is 31.4. The van der Waals surface area contributed by atoms with Crippen molar-refractivity contribution in [3.05, 3.63) is 31.6 Å². The molecule has 3 fully saturated rings. The van der Waals surface area contributed by atoms with Crippen LogP contribution in [0.3, 0.4) is 0 Å². The normalized spacial score (nSPS) is 35.9. The van der Waals surface area contributed by atoms with Crippen LogP contribution in [0.25, 0.3) is 0 Å². The predicted octanol–water partition coefficient (Wildman–Crippen LogP) is -4.21. The van der Waals surface area contributed by atoms with Crippen molar-refractivity contribution in [2.45, 2.75) is 61.4 Å². The number of hydrogen-bond acceptors (Lipinski definition) is 16. The number of sulfone groups is 1. The number of aliphatic hydroxyl groups excluding tert-OH is 7. The smallest absolute Gasteiger partial charge is 0.187 e. The molecule has 0 amide bonds. The highest BCUT2D eigenvalue weighted by Gasteiger charge is 2.50. The van der Waals surface area contributed by atoms with E-state index >= 15 is 0 Å². The minimum atomic E-state index is -3.25. The average molecular weight is 659 g/mol. The third-order valence-corrected chi connectivity index (χ3v) is 9.88. The quantitative estimate of drug-likeness (QED) is 0.0615. The van der Waals surface area contributed by atoms with Crippen LogP contribution in [0.5, 0.6) is 0 Å². The lowest BCUT2D eigenvalue weighted by molar-refractivity contribution is -0.359. The number of ether oxygens (including phenoxy) is 5. The molecule has 3 rings (SSSR count). The zero-order valence-electron chi connectivity index (χ0n) is 23.7. The zero-order valence-corrected chi connectivity index (χ0v) is 25.3. The average Bonchev–Trinajstić information content (AvgIpc) is 3.51. The molecule has 0 aromatic carbocycles. The van der Waals surface area contributed by atoms with E-state index in [1.807, 2.05) is 25.7 Å². The summed E-state index contributed by atoms with van der Waals surface area (Å²) in [5.41, 5.74) is 0. The highest BCUT2D eigenvalue weighted by Crippen LogP contribution is 2.29. The Labute approximate surface area is 256 Å². The minimum Gasteiger partial charge on any atom is -0.394 e. The molecule has 8 N–H and O–H groups in total. The van der Waals surface area contributed by atoms with Gasteiger partial charge in [0.15, 0.2) is 22.4 Å². The van der Waals surface area contributed by atoms with Crippen molar-refractivity contribution in [1.82, 2.24) is 5.32 Å². The molecule has 2 saturated heterocycles. The molecule has 0 bridgehead atoms. The van der Waals surface area contributed by atoms with E-state index in [1.165, 1.54) is 11.8 Å². The van der Waals surface area contributed by atoms with Crippen molar-refractivity contribution in [3.63, 3.8) is 0 Å². The van der Waals surface area contributed by atoms with Crippen LogP contribution >= 0.6 is 11.8 Å². The first-order valence-corrected chi connectivity index (χ1v) is 17.0. The number of rotatable bonds is 19. The van der Waals surface area contributed by atoms with Gasteiger partial charge in [0.05, 0.1) is 44.5 Å². The van der Waals surface area contributed by atoms with Crippen LogP contribution < -0.4 is 5.32 Å². The summed E-state index contributed by atoms with van der Waals surface area (Å²) >= 11 is 1.51. The first-order chi connectivity index (χ1) is 20.6. The molecule has 0 spiro atoms. The van der Waals surface area contributed by atoms with Crippen LogP contribution in [0.4, 0.5) is 0 Å². The summed E-state index contributed by atoms with van der Waals surface area (Å²) in [4.78, 5) is 0. The molecule has 1 saturated carbocycles. The van der Waals surface area contributed by atoms with Crippen LogP contribution in [-0.4, -0.2) is 175 Å². The van der Waals surface area contributed by atoms with Crippen molar-refractivity contribution in [2.24, 2.45) is 0 Å². The highest BCUT2D eigenvalue weighted by atomic mass is 32.2. The molecular formula is C26H44NO14S2. The summed E-state index contributed by atoms with van der Waals surface area (Å²) < 4.78 is 51.9.